The summed E-state index contributed by atoms with van der Waals surface area (Å²) < 4.78 is 5.14. The van der Waals surface area contributed by atoms with E-state index in [1.54, 1.807) is 14.1 Å². The summed E-state index contributed by atoms with van der Waals surface area (Å²) in [5.41, 5.74) is 0.948. The highest BCUT2D eigenvalue weighted by Crippen LogP contribution is 2.02. The zero-order valence-electron chi connectivity index (χ0n) is 10.7. The second kappa shape index (κ2) is 7.32. The summed E-state index contributed by atoms with van der Waals surface area (Å²) in [6.45, 7) is 1.19. The van der Waals surface area contributed by atoms with Crippen LogP contribution in [0.15, 0.2) is 30.3 Å². The fourth-order valence-corrected chi connectivity index (χ4v) is 1.28. The Labute approximate surface area is 107 Å². The molecule has 0 N–H and O–H groups in total. The van der Waals surface area contributed by atoms with Crippen LogP contribution in [0.25, 0.3) is 0 Å². The molecule has 0 aliphatic heterocycles. The van der Waals surface area contributed by atoms with Gasteiger partial charge in [0.05, 0.1) is 0 Å². The van der Waals surface area contributed by atoms with E-state index in [2.05, 4.69) is 0 Å². The number of benzene rings is 1. The molecule has 1 aromatic rings. The fourth-order valence-electron chi connectivity index (χ4n) is 1.28. The maximum atomic E-state index is 11.6. The lowest BCUT2D eigenvalue weighted by Gasteiger charge is -2.19. The van der Waals surface area contributed by atoms with Gasteiger partial charge in [-0.05, 0) is 5.56 Å². The molecule has 1 aromatic carbocycles. The lowest BCUT2D eigenvalue weighted by atomic mass is 10.2. The average Bonchev–Trinajstić information content (AvgIpc) is 2.42. The van der Waals surface area contributed by atoms with Crippen LogP contribution in [0, 0.1) is 0 Å². The highest BCUT2D eigenvalue weighted by Gasteiger charge is 2.10. The Bertz CT molecular complexity index is 381. The Balaban J connectivity index is 2.30. The number of hydrogen-bond acceptors (Lipinski definition) is 3. The van der Waals surface area contributed by atoms with Gasteiger partial charge >= 0.3 is 6.09 Å². The third-order valence-electron chi connectivity index (χ3n) is 2.48. The third kappa shape index (κ3) is 4.86. The number of likely N-dealkylation sites (N-methyl/N-ethyl adjacent to an activating group) is 2. The van der Waals surface area contributed by atoms with Crippen LogP contribution in [0.5, 0.6) is 0 Å². The first-order valence-electron chi connectivity index (χ1n) is 5.71. The minimum atomic E-state index is -0.391. The molecule has 0 aromatic heterocycles. The van der Waals surface area contributed by atoms with E-state index in [0.717, 1.165) is 12.0 Å². The molecule has 18 heavy (non-hydrogen) atoms. The Morgan fingerprint density at radius 1 is 1.22 bits per heavy atom. The number of nitrogens with zero attached hydrogens (tertiary/aromatic N) is 2. The van der Waals surface area contributed by atoms with Crippen LogP contribution >= 0.6 is 0 Å². The maximum absolute atomic E-state index is 11.6. The van der Waals surface area contributed by atoms with E-state index < -0.39 is 6.09 Å². The average molecular weight is 250 g/mol. The molecule has 98 valence electrons. The molecule has 0 fully saturated rings. The van der Waals surface area contributed by atoms with Crippen molar-refractivity contribution < 1.29 is 14.3 Å². The topological polar surface area (TPSA) is 49.9 Å². The minimum Gasteiger partial charge on any atom is -0.445 e. The normalized spacial score (nSPS) is 9.67. The van der Waals surface area contributed by atoms with Gasteiger partial charge in [-0.3, -0.25) is 4.79 Å². The summed E-state index contributed by atoms with van der Waals surface area (Å²) in [4.78, 5) is 24.9. The first-order valence-corrected chi connectivity index (χ1v) is 5.71. The van der Waals surface area contributed by atoms with Gasteiger partial charge in [0.15, 0.2) is 0 Å². The van der Waals surface area contributed by atoms with E-state index in [4.69, 9.17) is 4.74 Å². The molecule has 0 atom stereocenters. The second-order valence-electron chi connectivity index (χ2n) is 4.05. The van der Waals surface area contributed by atoms with E-state index in [-0.39, 0.29) is 6.61 Å². The standard InChI is InChI=1S/C13H18N2O3/c1-14(11-16)8-9-15(2)13(17)18-10-12-6-4-3-5-7-12/h3-7,11H,8-10H2,1-2H3. The lowest BCUT2D eigenvalue weighted by Crippen LogP contribution is -2.34. The molecule has 0 bridgehead atoms. The van der Waals surface area contributed by atoms with Crippen molar-refractivity contribution in [2.75, 3.05) is 27.2 Å². The van der Waals surface area contributed by atoms with Gasteiger partial charge in [-0.1, -0.05) is 30.3 Å². The van der Waals surface area contributed by atoms with Crippen molar-refractivity contribution in [3.05, 3.63) is 35.9 Å². The van der Waals surface area contributed by atoms with E-state index in [9.17, 15) is 9.59 Å². The Morgan fingerprint density at radius 2 is 1.89 bits per heavy atom. The molecule has 0 aliphatic carbocycles. The molecule has 0 heterocycles. The zero-order valence-corrected chi connectivity index (χ0v) is 10.7. The minimum absolute atomic E-state index is 0.257. The number of amides is 2. The Morgan fingerprint density at radius 3 is 2.50 bits per heavy atom. The monoisotopic (exact) mass is 250 g/mol. The molecule has 0 spiro atoms. The van der Waals surface area contributed by atoms with Crippen LogP contribution in [0.1, 0.15) is 5.56 Å². The summed E-state index contributed by atoms with van der Waals surface area (Å²) in [5.74, 6) is 0. The molecule has 0 saturated carbocycles. The predicted octanol–water partition coefficient (Wildman–Crippen LogP) is 1.34. The van der Waals surface area contributed by atoms with Gasteiger partial charge in [0.25, 0.3) is 0 Å². The summed E-state index contributed by atoms with van der Waals surface area (Å²) in [6.07, 6.45) is 0.335. The summed E-state index contributed by atoms with van der Waals surface area (Å²) in [6, 6.07) is 9.49. The number of carbonyl (C=O) groups is 2. The number of hydrogen-bond donors (Lipinski definition) is 0. The molecule has 5 nitrogen and oxygen atoms in total. The fraction of sp³-hybridized carbons (Fsp3) is 0.385. The largest absolute Gasteiger partial charge is 0.445 e. The number of ether oxygens (including phenoxy) is 1. The molecular weight excluding hydrogens is 232 g/mol. The second-order valence-corrected chi connectivity index (χ2v) is 4.05. The van der Waals surface area contributed by atoms with Crippen LogP contribution in [-0.2, 0) is 16.1 Å². The Kier molecular flexibility index (Phi) is 5.70. The van der Waals surface area contributed by atoms with E-state index in [1.165, 1.54) is 9.80 Å². The molecule has 1 rings (SSSR count). The zero-order chi connectivity index (χ0) is 13.4. The first kappa shape index (κ1) is 14.0. The van der Waals surface area contributed by atoms with Crippen molar-refractivity contribution in [1.82, 2.24) is 9.80 Å². The third-order valence-corrected chi connectivity index (χ3v) is 2.48. The molecular formula is C13H18N2O3. The van der Waals surface area contributed by atoms with Gasteiger partial charge in [0, 0.05) is 27.2 Å². The predicted molar refractivity (Wildman–Crippen MR) is 68.0 cm³/mol. The Hall–Kier alpha value is -2.04. The summed E-state index contributed by atoms with van der Waals surface area (Å²) >= 11 is 0. The van der Waals surface area contributed by atoms with Gasteiger partial charge in [-0.2, -0.15) is 0 Å². The molecule has 5 heteroatoms. The maximum Gasteiger partial charge on any atom is 0.409 e. The first-order chi connectivity index (χ1) is 8.63. The number of carbonyl (C=O) groups excluding carboxylic acids is 2. The van der Waals surface area contributed by atoms with Crippen molar-refractivity contribution in [2.24, 2.45) is 0 Å². The van der Waals surface area contributed by atoms with Gasteiger partial charge in [-0.25, -0.2) is 4.79 Å². The van der Waals surface area contributed by atoms with Gasteiger partial charge in [0.2, 0.25) is 6.41 Å². The van der Waals surface area contributed by atoms with Crippen molar-refractivity contribution in [2.45, 2.75) is 6.61 Å². The van der Waals surface area contributed by atoms with Crippen LogP contribution in [0.4, 0.5) is 4.79 Å². The van der Waals surface area contributed by atoms with Gasteiger partial charge in [0.1, 0.15) is 6.61 Å². The van der Waals surface area contributed by atoms with E-state index >= 15 is 0 Å². The quantitative estimate of drug-likeness (QED) is 0.716. The molecule has 0 saturated heterocycles. The highest BCUT2D eigenvalue weighted by molar-refractivity contribution is 5.67. The smallest absolute Gasteiger partial charge is 0.409 e. The van der Waals surface area contributed by atoms with Crippen LogP contribution in [0.3, 0.4) is 0 Å². The van der Waals surface area contributed by atoms with Crippen molar-refractivity contribution >= 4 is 12.5 Å². The van der Waals surface area contributed by atoms with E-state index in [0.29, 0.717) is 13.1 Å². The molecule has 2 amide bonds. The van der Waals surface area contributed by atoms with Gasteiger partial charge in [-0.15, -0.1) is 0 Å². The summed E-state index contributed by atoms with van der Waals surface area (Å²) in [5, 5.41) is 0. The molecule has 0 unspecified atom stereocenters. The summed E-state index contributed by atoms with van der Waals surface area (Å²) in [7, 11) is 3.31. The molecule has 0 radical (unpaired) electrons. The van der Waals surface area contributed by atoms with Crippen molar-refractivity contribution in [3.8, 4) is 0 Å². The van der Waals surface area contributed by atoms with E-state index in [1.807, 2.05) is 30.3 Å². The van der Waals surface area contributed by atoms with Gasteiger partial charge < -0.3 is 14.5 Å². The van der Waals surface area contributed by atoms with Crippen LogP contribution < -0.4 is 0 Å². The van der Waals surface area contributed by atoms with Crippen molar-refractivity contribution in [1.29, 1.82) is 0 Å². The SMILES string of the molecule is CN(C=O)CCN(C)C(=O)OCc1ccccc1. The van der Waals surface area contributed by atoms with Crippen molar-refractivity contribution in [3.63, 3.8) is 0 Å². The highest BCUT2D eigenvalue weighted by atomic mass is 16.6. The lowest BCUT2D eigenvalue weighted by molar-refractivity contribution is -0.117. The van der Waals surface area contributed by atoms with Crippen LogP contribution in [-0.4, -0.2) is 49.5 Å². The number of rotatable bonds is 6. The molecule has 0 aliphatic rings. The van der Waals surface area contributed by atoms with Crippen LogP contribution in [0.2, 0.25) is 0 Å².